The Bertz CT molecular complexity index is 810. The fraction of sp³-hybridized carbons (Fsp3) is 0.294. The first kappa shape index (κ1) is 18.7. The molecule has 0 bridgehead atoms. The van der Waals surface area contributed by atoms with Gasteiger partial charge in [-0.1, -0.05) is 6.07 Å². The van der Waals surface area contributed by atoms with Crippen LogP contribution in [0.15, 0.2) is 48.8 Å². The highest BCUT2D eigenvalue weighted by Crippen LogP contribution is 2.23. The van der Waals surface area contributed by atoms with Crippen molar-refractivity contribution < 1.29 is 17.9 Å². The molecule has 1 N–H and O–H groups in total. The van der Waals surface area contributed by atoms with Crippen LogP contribution in [0.3, 0.4) is 0 Å². The van der Waals surface area contributed by atoms with E-state index in [0.717, 1.165) is 6.26 Å². The molecule has 0 fully saturated rings. The number of nitrogens with one attached hydrogen (secondary N) is 1. The number of carbonyl (C=O) groups is 1. The second-order valence-corrected chi connectivity index (χ2v) is 7.34. The van der Waals surface area contributed by atoms with E-state index in [1.54, 1.807) is 48.8 Å². The molecule has 0 radical (unpaired) electrons. The number of carbonyl (C=O) groups excluding carboxylic acids is 1. The molecule has 0 aliphatic heterocycles. The van der Waals surface area contributed by atoms with Gasteiger partial charge in [0.15, 0.2) is 0 Å². The molecule has 0 saturated carbocycles. The van der Waals surface area contributed by atoms with Gasteiger partial charge < -0.3 is 10.1 Å². The summed E-state index contributed by atoms with van der Waals surface area (Å²) in [5, 5.41) is 2.72. The maximum atomic E-state index is 12.1. The zero-order valence-electron chi connectivity index (χ0n) is 14.2. The Labute approximate surface area is 147 Å². The maximum absolute atomic E-state index is 12.1. The number of pyridine rings is 1. The number of rotatable bonds is 8. The Morgan fingerprint density at radius 3 is 2.72 bits per heavy atom. The first-order valence-corrected chi connectivity index (χ1v) is 9.56. The second-order valence-electron chi connectivity index (χ2n) is 5.43. The van der Waals surface area contributed by atoms with Crippen LogP contribution < -0.4 is 14.4 Å². The van der Waals surface area contributed by atoms with Crippen LogP contribution in [-0.4, -0.2) is 39.2 Å². The fourth-order valence-electron chi connectivity index (χ4n) is 2.30. The van der Waals surface area contributed by atoms with E-state index in [1.807, 2.05) is 0 Å². The number of methoxy groups -OCH3 is 1. The van der Waals surface area contributed by atoms with Crippen LogP contribution in [0.2, 0.25) is 0 Å². The number of sulfonamides is 1. The Balaban J connectivity index is 1.98. The van der Waals surface area contributed by atoms with Crippen molar-refractivity contribution in [3.05, 3.63) is 48.8 Å². The summed E-state index contributed by atoms with van der Waals surface area (Å²) in [6, 6.07) is 10.3. The number of aromatic nitrogens is 1. The van der Waals surface area contributed by atoms with Gasteiger partial charge in [-0.05, 0) is 30.7 Å². The van der Waals surface area contributed by atoms with Crippen LogP contribution in [0.25, 0.3) is 0 Å². The molecule has 0 spiro atoms. The molecule has 0 unspecified atom stereocenters. The Kier molecular flexibility index (Phi) is 6.35. The van der Waals surface area contributed by atoms with Gasteiger partial charge in [0.2, 0.25) is 15.9 Å². The molecular formula is C17H21N3O4S. The summed E-state index contributed by atoms with van der Waals surface area (Å²) in [5.74, 6) is 0.382. The number of nitrogens with zero attached hydrogens (tertiary/aromatic N) is 2. The molecule has 134 valence electrons. The van der Waals surface area contributed by atoms with Crippen molar-refractivity contribution in [1.82, 2.24) is 4.98 Å². The minimum absolute atomic E-state index is 0.188. The van der Waals surface area contributed by atoms with Gasteiger partial charge in [-0.25, -0.2) is 8.42 Å². The topological polar surface area (TPSA) is 88.6 Å². The number of benzene rings is 1. The Morgan fingerprint density at radius 1 is 1.28 bits per heavy atom. The quantitative estimate of drug-likeness (QED) is 0.777. The minimum Gasteiger partial charge on any atom is -0.497 e. The molecule has 0 aliphatic rings. The summed E-state index contributed by atoms with van der Waals surface area (Å²) >= 11 is 0. The molecule has 25 heavy (non-hydrogen) atoms. The van der Waals surface area contributed by atoms with Crippen molar-refractivity contribution >= 4 is 27.3 Å². The fourth-order valence-corrected chi connectivity index (χ4v) is 3.25. The third-order valence-corrected chi connectivity index (χ3v) is 4.65. The van der Waals surface area contributed by atoms with Crippen molar-refractivity contribution in [1.29, 1.82) is 0 Å². The minimum atomic E-state index is -3.46. The number of hydrogen-bond donors (Lipinski definition) is 1. The van der Waals surface area contributed by atoms with E-state index in [4.69, 9.17) is 4.74 Å². The average Bonchev–Trinajstić information content (AvgIpc) is 2.58. The zero-order chi connectivity index (χ0) is 18.3. The van der Waals surface area contributed by atoms with Crippen molar-refractivity contribution in [2.45, 2.75) is 12.8 Å². The molecule has 1 aromatic heterocycles. The maximum Gasteiger partial charge on any atom is 0.232 e. The first-order chi connectivity index (χ1) is 11.9. The van der Waals surface area contributed by atoms with E-state index in [-0.39, 0.29) is 18.9 Å². The van der Waals surface area contributed by atoms with Crippen LogP contribution in [-0.2, 0) is 14.8 Å². The summed E-state index contributed by atoms with van der Waals surface area (Å²) < 4.78 is 30.6. The highest BCUT2D eigenvalue weighted by molar-refractivity contribution is 7.92. The zero-order valence-corrected chi connectivity index (χ0v) is 15.0. The number of anilines is 2. The lowest BCUT2D eigenvalue weighted by atomic mass is 10.2. The highest BCUT2D eigenvalue weighted by Gasteiger charge is 2.18. The molecule has 0 atom stereocenters. The lowest BCUT2D eigenvalue weighted by Crippen LogP contribution is -2.31. The van der Waals surface area contributed by atoms with E-state index in [1.165, 1.54) is 11.4 Å². The molecule has 2 aromatic rings. The SMILES string of the molecule is COc1cccc(N(CCCC(=O)Nc2cccnc2)S(C)(=O)=O)c1. The summed E-state index contributed by atoms with van der Waals surface area (Å²) in [4.78, 5) is 15.9. The monoisotopic (exact) mass is 363 g/mol. The summed E-state index contributed by atoms with van der Waals surface area (Å²) in [6.07, 6.45) is 4.90. The van der Waals surface area contributed by atoms with E-state index in [0.29, 0.717) is 23.5 Å². The van der Waals surface area contributed by atoms with E-state index < -0.39 is 10.0 Å². The number of ether oxygens (including phenoxy) is 1. The van der Waals surface area contributed by atoms with E-state index >= 15 is 0 Å². The predicted octanol–water partition coefficient (Wildman–Crippen LogP) is 2.28. The van der Waals surface area contributed by atoms with Crippen molar-refractivity contribution in [2.75, 3.05) is 29.5 Å². The second kappa shape index (κ2) is 8.48. The Morgan fingerprint density at radius 2 is 2.08 bits per heavy atom. The van der Waals surface area contributed by atoms with Gasteiger partial charge in [-0.15, -0.1) is 0 Å². The number of amides is 1. The van der Waals surface area contributed by atoms with Gasteiger partial charge in [0.25, 0.3) is 0 Å². The summed E-state index contributed by atoms with van der Waals surface area (Å²) in [5.41, 5.74) is 1.12. The number of hydrogen-bond acceptors (Lipinski definition) is 5. The van der Waals surface area contributed by atoms with Crippen LogP contribution >= 0.6 is 0 Å². The van der Waals surface area contributed by atoms with Crippen LogP contribution in [0.1, 0.15) is 12.8 Å². The molecule has 1 heterocycles. The van der Waals surface area contributed by atoms with Crippen molar-refractivity contribution in [3.8, 4) is 5.75 Å². The Hall–Kier alpha value is -2.61. The van der Waals surface area contributed by atoms with Gasteiger partial charge in [0.1, 0.15) is 5.75 Å². The lowest BCUT2D eigenvalue weighted by Gasteiger charge is -2.22. The van der Waals surface area contributed by atoms with E-state index in [2.05, 4.69) is 10.3 Å². The molecule has 0 saturated heterocycles. The van der Waals surface area contributed by atoms with Crippen molar-refractivity contribution in [2.24, 2.45) is 0 Å². The largest absolute Gasteiger partial charge is 0.497 e. The van der Waals surface area contributed by atoms with Crippen LogP contribution in [0, 0.1) is 0 Å². The van der Waals surface area contributed by atoms with Gasteiger partial charge in [-0.3, -0.25) is 14.1 Å². The first-order valence-electron chi connectivity index (χ1n) is 7.72. The average molecular weight is 363 g/mol. The third kappa shape index (κ3) is 5.75. The van der Waals surface area contributed by atoms with Gasteiger partial charge in [-0.2, -0.15) is 0 Å². The van der Waals surface area contributed by atoms with Crippen LogP contribution in [0.4, 0.5) is 11.4 Å². The standard InChI is InChI=1S/C17H21N3O4S/c1-24-16-8-3-7-15(12-16)20(25(2,22)23)11-5-9-17(21)19-14-6-4-10-18-13-14/h3-4,6-8,10,12-13H,5,9,11H2,1-2H3,(H,19,21). The molecule has 8 heteroatoms. The predicted molar refractivity (Wildman–Crippen MR) is 97.3 cm³/mol. The molecule has 1 amide bonds. The molecular weight excluding hydrogens is 342 g/mol. The van der Waals surface area contributed by atoms with Gasteiger partial charge in [0.05, 0.1) is 30.9 Å². The normalized spacial score (nSPS) is 11.0. The molecule has 2 rings (SSSR count). The smallest absolute Gasteiger partial charge is 0.232 e. The highest BCUT2D eigenvalue weighted by atomic mass is 32.2. The van der Waals surface area contributed by atoms with Crippen molar-refractivity contribution in [3.63, 3.8) is 0 Å². The van der Waals surface area contributed by atoms with Gasteiger partial charge in [0, 0.05) is 25.2 Å². The lowest BCUT2D eigenvalue weighted by molar-refractivity contribution is -0.116. The molecule has 1 aromatic carbocycles. The third-order valence-electron chi connectivity index (χ3n) is 3.45. The summed E-state index contributed by atoms with van der Waals surface area (Å²) in [7, 11) is -1.94. The van der Waals surface area contributed by atoms with Crippen LogP contribution in [0.5, 0.6) is 5.75 Å². The summed E-state index contributed by atoms with van der Waals surface area (Å²) in [6.45, 7) is 0.201. The van der Waals surface area contributed by atoms with Gasteiger partial charge >= 0.3 is 0 Å². The van der Waals surface area contributed by atoms with E-state index in [9.17, 15) is 13.2 Å². The molecule has 0 aliphatic carbocycles. The molecule has 7 nitrogen and oxygen atoms in total.